The maximum Gasteiger partial charge on any atom is 0.270 e. The van der Waals surface area contributed by atoms with Crippen LogP contribution in [0.2, 0.25) is 0 Å². The minimum Gasteiger partial charge on any atom is -0.394 e. The van der Waals surface area contributed by atoms with E-state index >= 15 is 0 Å². The molecule has 8 heteroatoms. The highest BCUT2D eigenvalue weighted by Gasteiger charge is 2.31. The van der Waals surface area contributed by atoms with Gasteiger partial charge in [-0.3, -0.25) is 14.9 Å². The van der Waals surface area contributed by atoms with Gasteiger partial charge < -0.3 is 14.7 Å². The van der Waals surface area contributed by atoms with Gasteiger partial charge in [-0.25, -0.2) is 0 Å². The molecule has 0 aliphatic carbocycles. The molecule has 0 radical (unpaired) electrons. The second-order valence-corrected chi connectivity index (χ2v) is 6.03. The minimum absolute atomic E-state index is 0.113. The van der Waals surface area contributed by atoms with E-state index in [0.717, 1.165) is 0 Å². The Labute approximate surface area is 135 Å². The van der Waals surface area contributed by atoms with Crippen LogP contribution in [0.5, 0.6) is 0 Å². The molecule has 114 valence electrons. The molecule has 1 fully saturated rings. The van der Waals surface area contributed by atoms with E-state index in [1.165, 1.54) is 12.1 Å². The molecule has 1 aliphatic heterocycles. The number of morpholine rings is 1. The molecular formula is C13H15IN2O5. The van der Waals surface area contributed by atoms with Gasteiger partial charge in [0.2, 0.25) is 0 Å². The molecule has 2 atom stereocenters. The Morgan fingerprint density at radius 3 is 2.95 bits per heavy atom. The summed E-state index contributed by atoms with van der Waals surface area (Å²) in [4.78, 5) is 24.5. The molecule has 7 nitrogen and oxygen atoms in total. The Morgan fingerprint density at radius 2 is 2.33 bits per heavy atom. The lowest BCUT2D eigenvalue weighted by Gasteiger charge is -2.37. The van der Waals surface area contributed by atoms with Gasteiger partial charge in [0, 0.05) is 22.2 Å². The topological polar surface area (TPSA) is 92.9 Å². The van der Waals surface area contributed by atoms with Crippen LogP contribution in [0, 0.1) is 13.7 Å². The van der Waals surface area contributed by atoms with Crippen molar-refractivity contribution < 1.29 is 19.6 Å². The fourth-order valence-corrected chi connectivity index (χ4v) is 2.72. The highest BCUT2D eigenvalue weighted by Crippen LogP contribution is 2.23. The molecular weight excluding hydrogens is 391 g/mol. The zero-order valence-corrected chi connectivity index (χ0v) is 13.5. The molecule has 0 bridgehead atoms. The number of amides is 1. The van der Waals surface area contributed by atoms with Crippen LogP contribution in [0.3, 0.4) is 0 Å². The van der Waals surface area contributed by atoms with Crippen LogP contribution in [0.25, 0.3) is 0 Å². The van der Waals surface area contributed by atoms with E-state index in [4.69, 9.17) is 9.84 Å². The number of rotatable bonds is 3. The SMILES string of the molecule is CC1COC(CO)CN1C(=O)c1cc([N+](=O)[O-])ccc1I. The van der Waals surface area contributed by atoms with Gasteiger partial charge in [-0.1, -0.05) is 0 Å². The van der Waals surface area contributed by atoms with Crippen LogP contribution in [0.15, 0.2) is 18.2 Å². The predicted molar refractivity (Wildman–Crippen MR) is 83.1 cm³/mol. The van der Waals surface area contributed by atoms with Gasteiger partial charge in [0.25, 0.3) is 11.6 Å². The average Bonchev–Trinajstić information content (AvgIpc) is 2.47. The number of aliphatic hydroxyl groups is 1. The fourth-order valence-electron chi connectivity index (χ4n) is 2.16. The number of carbonyl (C=O) groups excluding carboxylic acids is 1. The summed E-state index contributed by atoms with van der Waals surface area (Å²) in [5, 5.41) is 20.0. The van der Waals surface area contributed by atoms with E-state index in [2.05, 4.69) is 0 Å². The Hall–Kier alpha value is -1.26. The highest BCUT2D eigenvalue weighted by molar-refractivity contribution is 14.1. The van der Waals surface area contributed by atoms with Gasteiger partial charge >= 0.3 is 0 Å². The number of nitro groups is 1. The lowest BCUT2D eigenvalue weighted by atomic mass is 10.1. The number of nitrogens with zero attached hydrogens (tertiary/aromatic N) is 2. The first-order chi connectivity index (χ1) is 9.93. The molecule has 21 heavy (non-hydrogen) atoms. The van der Waals surface area contributed by atoms with E-state index in [0.29, 0.717) is 15.7 Å². The third kappa shape index (κ3) is 3.50. The van der Waals surface area contributed by atoms with Gasteiger partial charge in [0.1, 0.15) is 0 Å². The highest BCUT2D eigenvalue weighted by atomic mass is 127. The molecule has 0 aromatic heterocycles. The molecule has 1 heterocycles. The summed E-state index contributed by atoms with van der Waals surface area (Å²) in [5.74, 6) is -0.280. The number of ether oxygens (including phenoxy) is 1. The molecule has 1 amide bonds. The van der Waals surface area contributed by atoms with Crippen molar-refractivity contribution in [2.24, 2.45) is 0 Å². The van der Waals surface area contributed by atoms with Gasteiger partial charge in [0.15, 0.2) is 0 Å². The standard InChI is InChI=1S/C13H15IN2O5/c1-8-7-21-10(6-17)5-15(8)13(18)11-4-9(16(19)20)2-3-12(11)14/h2-4,8,10,17H,5-7H2,1H3. The Kier molecular flexibility index (Phi) is 5.12. The normalized spacial score (nSPS) is 22.1. The first kappa shape index (κ1) is 16.1. The van der Waals surface area contributed by atoms with Gasteiger partial charge in [0.05, 0.1) is 35.8 Å². The largest absolute Gasteiger partial charge is 0.394 e. The third-order valence-corrected chi connectivity index (χ3v) is 4.30. The molecule has 1 N–H and O–H groups in total. The number of benzene rings is 1. The zero-order chi connectivity index (χ0) is 15.6. The second-order valence-electron chi connectivity index (χ2n) is 4.87. The smallest absolute Gasteiger partial charge is 0.270 e. The Bertz CT molecular complexity index is 565. The first-order valence-electron chi connectivity index (χ1n) is 6.41. The predicted octanol–water partition coefficient (Wildman–Crippen LogP) is 1.42. The molecule has 1 aromatic rings. The quantitative estimate of drug-likeness (QED) is 0.466. The molecule has 2 rings (SSSR count). The molecule has 1 aromatic carbocycles. The summed E-state index contributed by atoms with van der Waals surface area (Å²) < 4.78 is 6.05. The van der Waals surface area contributed by atoms with Crippen molar-refractivity contribution in [3.63, 3.8) is 0 Å². The van der Waals surface area contributed by atoms with Crippen LogP contribution < -0.4 is 0 Å². The number of hydrogen-bond donors (Lipinski definition) is 1. The summed E-state index contributed by atoms with van der Waals surface area (Å²) in [5.41, 5.74) is 0.189. The van der Waals surface area contributed by atoms with Crippen LogP contribution >= 0.6 is 22.6 Å². The van der Waals surface area contributed by atoms with Crippen molar-refractivity contribution in [2.75, 3.05) is 19.8 Å². The number of halogens is 1. The van der Waals surface area contributed by atoms with Gasteiger partial charge in [-0.15, -0.1) is 0 Å². The lowest BCUT2D eigenvalue weighted by molar-refractivity contribution is -0.384. The van der Waals surface area contributed by atoms with Crippen LogP contribution in [-0.4, -0.2) is 52.7 Å². The van der Waals surface area contributed by atoms with Crippen molar-refractivity contribution in [1.29, 1.82) is 0 Å². The van der Waals surface area contributed by atoms with Crippen molar-refractivity contribution >= 4 is 34.2 Å². The number of nitro benzene ring substituents is 1. The summed E-state index contributed by atoms with van der Waals surface area (Å²) in [6.45, 7) is 2.29. The van der Waals surface area contributed by atoms with E-state index in [9.17, 15) is 14.9 Å². The maximum absolute atomic E-state index is 12.6. The fraction of sp³-hybridized carbons (Fsp3) is 0.462. The van der Waals surface area contributed by atoms with E-state index < -0.39 is 11.0 Å². The van der Waals surface area contributed by atoms with E-state index in [1.807, 2.05) is 29.5 Å². The summed E-state index contributed by atoms with van der Waals surface area (Å²) in [6, 6.07) is 4.08. The monoisotopic (exact) mass is 406 g/mol. The Morgan fingerprint density at radius 1 is 1.62 bits per heavy atom. The number of carbonyl (C=O) groups is 1. The maximum atomic E-state index is 12.6. The third-order valence-electron chi connectivity index (χ3n) is 3.36. The van der Waals surface area contributed by atoms with E-state index in [-0.39, 0.29) is 30.8 Å². The van der Waals surface area contributed by atoms with Gasteiger partial charge in [-0.2, -0.15) is 0 Å². The second kappa shape index (κ2) is 6.67. The van der Waals surface area contributed by atoms with Crippen LogP contribution in [0.1, 0.15) is 17.3 Å². The van der Waals surface area contributed by atoms with Gasteiger partial charge in [-0.05, 0) is 35.6 Å². The zero-order valence-electron chi connectivity index (χ0n) is 11.4. The van der Waals surface area contributed by atoms with Crippen LogP contribution in [-0.2, 0) is 4.74 Å². The van der Waals surface area contributed by atoms with Crippen molar-refractivity contribution in [3.8, 4) is 0 Å². The molecule has 1 saturated heterocycles. The van der Waals surface area contributed by atoms with Crippen molar-refractivity contribution in [2.45, 2.75) is 19.1 Å². The Balaban J connectivity index is 2.30. The lowest BCUT2D eigenvalue weighted by Crippen LogP contribution is -2.52. The molecule has 1 aliphatic rings. The molecule has 0 saturated carbocycles. The number of non-ortho nitro benzene ring substituents is 1. The molecule has 0 spiro atoms. The average molecular weight is 406 g/mol. The number of hydrogen-bond acceptors (Lipinski definition) is 5. The van der Waals surface area contributed by atoms with Crippen molar-refractivity contribution in [1.82, 2.24) is 4.90 Å². The summed E-state index contributed by atoms with van der Waals surface area (Å²) >= 11 is 1.98. The van der Waals surface area contributed by atoms with Crippen molar-refractivity contribution in [3.05, 3.63) is 37.4 Å². The molecule has 2 unspecified atom stereocenters. The first-order valence-corrected chi connectivity index (χ1v) is 7.49. The van der Waals surface area contributed by atoms with Crippen LogP contribution in [0.4, 0.5) is 5.69 Å². The summed E-state index contributed by atoms with van der Waals surface area (Å²) in [7, 11) is 0. The minimum atomic E-state index is -0.522. The number of aliphatic hydroxyl groups excluding tert-OH is 1. The van der Waals surface area contributed by atoms with E-state index in [1.54, 1.807) is 11.0 Å². The summed E-state index contributed by atoms with van der Waals surface area (Å²) in [6.07, 6.45) is -0.415.